The topological polar surface area (TPSA) is 15.3 Å². The minimum Gasteiger partial charge on any atom is -0.316 e. The Morgan fingerprint density at radius 2 is 1.75 bits per heavy atom. The van der Waals surface area contributed by atoms with Gasteiger partial charge in [-0.05, 0) is 50.6 Å². The Balaban J connectivity index is 1.96. The molecule has 2 fully saturated rings. The van der Waals surface area contributed by atoms with Crippen molar-refractivity contribution < 1.29 is 0 Å². The van der Waals surface area contributed by atoms with Crippen LogP contribution in [0.25, 0.3) is 0 Å². The summed E-state index contributed by atoms with van der Waals surface area (Å²) >= 11 is 0. The van der Waals surface area contributed by atoms with Gasteiger partial charge in [0, 0.05) is 19.1 Å². The number of rotatable bonds is 9. The van der Waals surface area contributed by atoms with Crippen molar-refractivity contribution in [2.24, 2.45) is 5.41 Å². The number of unbranched alkanes of at least 4 members (excludes halogenated alkanes) is 1. The number of nitrogens with zero attached hydrogens (tertiary/aromatic N) is 1. The molecule has 1 N–H and O–H groups in total. The summed E-state index contributed by atoms with van der Waals surface area (Å²) in [6.07, 6.45) is 14.4. The fourth-order valence-electron chi connectivity index (χ4n) is 3.88. The Hall–Kier alpha value is -0.0800. The summed E-state index contributed by atoms with van der Waals surface area (Å²) in [7, 11) is 0. The fraction of sp³-hybridized carbons (Fsp3) is 1.00. The molecular formula is C18H36N2. The van der Waals surface area contributed by atoms with Crippen molar-refractivity contribution in [1.29, 1.82) is 0 Å². The Labute approximate surface area is 126 Å². The highest BCUT2D eigenvalue weighted by atomic mass is 15.2. The quantitative estimate of drug-likeness (QED) is 0.637. The van der Waals surface area contributed by atoms with Gasteiger partial charge in [-0.3, -0.25) is 4.90 Å². The van der Waals surface area contributed by atoms with Crippen LogP contribution in [0.2, 0.25) is 0 Å². The van der Waals surface area contributed by atoms with E-state index in [0.29, 0.717) is 5.41 Å². The predicted molar refractivity (Wildman–Crippen MR) is 88.2 cm³/mol. The van der Waals surface area contributed by atoms with Crippen LogP contribution in [0.1, 0.15) is 78.1 Å². The molecule has 2 saturated carbocycles. The second-order valence-corrected chi connectivity index (χ2v) is 7.25. The van der Waals surface area contributed by atoms with Crippen LogP contribution >= 0.6 is 0 Å². The van der Waals surface area contributed by atoms with Crippen LogP contribution < -0.4 is 5.32 Å². The molecule has 2 aliphatic rings. The van der Waals surface area contributed by atoms with Gasteiger partial charge in [0.1, 0.15) is 0 Å². The lowest BCUT2D eigenvalue weighted by atomic mass is 9.79. The number of hydrogen-bond donors (Lipinski definition) is 1. The molecule has 0 saturated heterocycles. The van der Waals surface area contributed by atoms with E-state index in [1.807, 2.05) is 0 Å². The summed E-state index contributed by atoms with van der Waals surface area (Å²) in [5.41, 5.74) is 0.572. The van der Waals surface area contributed by atoms with E-state index >= 15 is 0 Å². The first-order valence-electron chi connectivity index (χ1n) is 9.24. The molecule has 2 nitrogen and oxygen atoms in total. The molecule has 0 aromatic heterocycles. The highest BCUT2D eigenvalue weighted by molar-refractivity contribution is 4.92. The number of hydrogen-bond acceptors (Lipinski definition) is 2. The zero-order valence-electron chi connectivity index (χ0n) is 13.9. The van der Waals surface area contributed by atoms with Crippen molar-refractivity contribution in [2.45, 2.75) is 84.1 Å². The largest absolute Gasteiger partial charge is 0.316 e. The third-order valence-electron chi connectivity index (χ3n) is 5.31. The molecule has 2 rings (SSSR count). The maximum absolute atomic E-state index is 3.68. The Kier molecular flexibility index (Phi) is 6.83. The van der Waals surface area contributed by atoms with Gasteiger partial charge >= 0.3 is 0 Å². The van der Waals surface area contributed by atoms with E-state index in [0.717, 1.165) is 12.6 Å². The first-order valence-corrected chi connectivity index (χ1v) is 9.24. The van der Waals surface area contributed by atoms with Gasteiger partial charge in [0.2, 0.25) is 0 Å². The molecular weight excluding hydrogens is 244 g/mol. The highest BCUT2D eigenvalue weighted by Gasteiger charge is 2.37. The molecule has 0 aromatic carbocycles. The van der Waals surface area contributed by atoms with Crippen molar-refractivity contribution in [3.05, 3.63) is 0 Å². The molecule has 0 amide bonds. The number of nitrogens with one attached hydrogen (secondary N) is 1. The SMILES string of the molecule is CCCCN(CC1(CNCC)CCCCCC1)C1CC1. The molecule has 0 unspecified atom stereocenters. The average Bonchev–Trinajstić information content (AvgIpc) is 3.29. The summed E-state index contributed by atoms with van der Waals surface area (Å²) < 4.78 is 0. The normalized spacial score (nSPS) is 22.9. The molecule has 20 heavy (non-hydrogen) atoms. The van der Waals surface area contributed by atoms with Crippen LogP contribution in [-0.4, -0.2) is 37.1 Å². The van der Waals surface area contributed by atoms with Crippen molar-refractivity contribution in [2.75, 3.05) is 26.2 Å². The predicted octanol–water partition coefficient (Wildman–Crippen LogP) is 4.20. The lowest BCUT2D eigenvalue weighted by Crippen LogP contribution is -2.45. The van der Waals surface area contributed by atoms with E-state index in [9.17, 15) is 0 Å². The lowest BCUT2D eigenvalue weighted by Gasteiger charge is -2.38. The molecule has 0 aliphatic heterocycles. The molecule has 2 aliphatic carbocycles. The zero-order valence-corrected chi connectivity index (χ0v) is 13.9. The lowest BCUT2D eigenvalue weighted by molar-refractivity contribution is 0.120. The van der Waals surface area contributed by atoms with Gasteiger partial charge < -0.3 is 5.32 Å². The van der Waals surface area contributed by atoms with E-state index in [1.54, 1.807) is 0 Å². The summed E-state index contributed by atoms with van der Waals surface area (Å²) in [5, 5.41) is 3.68. The van der Waals surface area contributed by atoms with Crippen LogP contribution in [-0.2, 0) is 0 Å². The summed E-state index contributed by atoms with van der Waals surface area (Å²) in [5.74, 6) is 0. The van der Waals surface area contributed by atoms with Crippen LogP contribution in [0, 0.1) is 5.41 Å². The molecule has 0 spiro atoms. The van der Waals surface area contributed by atoms with E-state index in [2.05, 4.69) is 24.1 Å². The van der Waals surface area contributed by atoms with Crippen LogP contribution in [0.3, 0.4) is 0 Å². The molecule has 0 radical (unpaired) electrons. The molecule has 0 bridgehead atoms. The van der Waals surface area contributed by atoms with Gasteiger partial charge in [-0.2, -0.15) is 0 Å². The van der Waals surface area contributed by atoms with Gasteiger partial charge in [-0.15, -0.1) is 0 Å². The van der Waals surface area contributed by atoms with Gasteiger partial charge in [-0.1, -0.05) is 46.0 Å². The summed E-state index contributed by atoms with van der Waals surface area (Å²) in [6, 6.07) is 0.934. The average molecular weight is 280 g/mol. The summed E-state index contributed by atoms with van der Waals surface area (Å²) in [6.45, 7) is 9.66. The van der Waals surface area contributed by atoms with Gasteiger partial charge in [0.25, 0.3) is 0 Å². The third-order valence-corrected chi connectivity index (χ3v) is 5.31. The van der Waals surface area contributed by atoms with Crippen molar-refractivity contribution in [3.8, 4) is 0 Å². The molecule has 0 aromatic rings. The molecule has 0 heterocycles. The van der Waals surface area contributed by atoms with Crippen molar-refractivity contribution in [3.63, 3.8) is 0 Å². The van der Waals surface area contributed by atoms with Crippen LogP contribution in [0.15, 0.2) is 0 Å². The standard InChI is InChI=1S/C18H36N2/c1-3-5-14-20(17-10-11-17)16-18(15-19-4-2)12-8-6-7-9-13-18/h17,19H,3-16H2,1-2H3. The van der Waals surface area contributed by atoms with Crippen molar-refractivity contribution >= 4 is 0 Å². The molecule has 118 valence electrons. The second-order valence-electron chi connectivity index (χ2n) is 7.25. The van der Waals surface area contributed by atoms with Crippen LogP contribution in [0.4, 0.5) is 0 Å². The monoisotopic (exact) mass is 280 g/mol. The van der Waals surface area contributed by atoms with E-state index in [4.69, 9.17) is 0 Å². The Morgan fingerprint density at radius 3 is 2.30 bits per heavy atom. The van der Waals surface area contributed by atoms with Gasteiger partial charge in [0.15, 0.2) is 0 Å². The van der Waals surface area contributed by atoms with Gasteiger partial charge in [0.05, 0.1) is 0 Å². The van der Waals surface area contributed by atoms with E-state index in [-0.39, 0.29) is 0 Å². The van der Waals surface area contributed by atoms with Crippen LogP contribution in [0.5, 0.6) is 0 Å². The van der Waals surface area contributed by atoms with Gasteiger partial charge in [-0.25, -0.2) is 0 Å². The fourth-order valence-corrected chi connectivity index (χ4v) is 3.88. The maximum atomic E-state index is 3.68. The van der Waals surface area contributed by atoms with E-state index < -0.39 is 0 Å². The third kappa shape index (κ3) is 5.04. The Morgan fingerprint density at radius 1 is 1.05 bits per heavy atom. The second kappa shape index (κ2) is 8.38. The molecule has 2 heteroatoms. The maximum Gasteiger partial charge on any atom is 0.00966 e. The minimum absolute atomic E-state index is 0.572. The highest BCUT2D eigenvalue weighted by Crippen LogP contribution is 2.38. The van der Waals surface area contributed by atoms with E-state index in [1.165, 1.54) is 83.8 Å². The minimum atomic E-state index is 0.572. The Bertz CT molecular complexity index is 252. The zero-order chi connectivity index (χ0) is 14.3. The smallest absolute Gasteiger partial charge is 0.00966 e. The first-order chi connectivity index (χ1) is 9.79. The van der Waals surface area contributed by atoms with Crippen molar-refractivity contribution in [1.82, 2.24) is 10.2 Å². The summed E-state index contributed by atoms with van der Waals surface area (Å²) in [4.78, 5) is 2.85. The first kappa shape index (κ1) is 16.3. The molecule has 0 atom stereocenters.